The number of piperazine rings is 1. The van der Waals surface area contributed by atoms with Gasteiger partial charge in [0.05, 0.1) is 33.0 Å². The van der Waals surface area contributed by atoms with Crippen LogP contribution in [0.4, 0.5) is 10.2 Å². The molecule has 1 aliphatic rings. The van der Waals surface area contributed by atoms with Crippen molar-refractivity contribution in [3.63, 3.8) is 0 Å². The van der Waals surface area contributed by atoms with Crippen molar-refractivity contribution < 1.29 is 14.3 Å². The molecule has 1 amide bonds. The molecule has 212 valence electrons. The Balaban J connectivity index is 1.82. The Kier molecular flexibility index (Phi) is 7.52. The summed E-state index contributed by atoms with van der Waals surface area (Å²) in [6.07, 6.45) is 2.97. The molecule has 1 fully saturated rings. The lowest BCUT2D eigenvalue weighted by atomic mass is 10.0. The molecule has 4 aromatic rings. The van der Waals surface area contributed by atoms with Gasteiger partial charge in [-0.2, -0.15) is 4.98 Å². The molecule has 41 heavy (non-hydrogen) atoms. The maximum absolute atomic E-state index is 15.0. The van der Waals surface area contributed by atoms with E-state index in [2.05, 4.69) is 16.5 Å². The summed E-state index contributed by atoms with van der Waals surface area (Å²) in [5, 5.41) is 11.1. The average molecular weight is 577 g/mol. The Hall–Kier alpha value is -4.31. The minimum Gasteiger partial charge on any atom is -0.507 e. The van der Waals surface area contributed by atoms with Crippen LogP contribution in [0.3, 0.4) is 0 Å². The second-order valence-corrected chi connectivity index (χ2v) is 10.8. The third-order valence-corrected chi connectivity index (χ3v) is 7.63. The molecule has 11 heteroatoms. The first-order chi connectivity index (χ1) is 19.5. The van der Waals surface area contributed by atoms with Crippen molar-refractivity contribution in [1.82, 2.24) is 24.4 Å². The Labute approximate surface area is 241 Å². The number of fused-ring (bicyclic) bond motifs is 1. The van der Waals surface area contributed by atoms with Crippen LogP contribution in [-0.2, 0) is 4.79 Å². The molecule has 1 aliphatic heterocycles. The van der Waals surface area contributed by atoms with E-state index in [9.17, 15) is 14.7 Å². The summed E-state index contributed by atoms with van der Waals surface area (Å²) in [4.78, 5) is 43.7. The topological polar surface area (TPSA) is 104 Å². The number of carbonyl (C=O) groups excluding carboxylic acids is 1. The van der Waals surface area contributed by atoms with Crippen molar-refractivity contribution in [2.75, 3.05) is 24.5 Å². The molecule has 1 saturated heterocycles. The first-order valence-corrected chi connectivity index (χ1v) is 13.7. The summed E-state index contributed by atoms with van der Waals surface area (Å²) in [7, 11) is 0. The third-order valence-electron chi connectivity index (χ3n) is 7.34. The number of hydrogen-bond acceptors (Lipinski definition) is 7. The standard InChI is InChI=1S/C30H30ClFN6O3/c1-6-23(40)37-13-12-36(15-18(37)5)28-19-14-20(31)26(24-21(32)8-7-9-22(24)39)34-29(19)38(30(41)35-28)27-17(4)10-11-33-25(27)16(2)3/h6-11,14,16,18,39H,1,12-13,15H2,2-5H3/t18-/m1/s1. The molecule has 5 rings (SSSR count). The largest absolute Gasteiger partial charge is 0.507 e. The number of pyridine rings is 2. The van der Waals surface area contributed by atoms with Crippen LogP contribution in [0.1, 0.15) is 37.9 Å². The van der Waals surface area contributed by atoms with Gasteiger partial charge in [-0.3, -0.25) is 9.78 Å². The molecule has 0 radical (unpaired) electrons. The lowest BCUT2D eigenvalue weighted by Gasteiger charge is -2.40. The predicted molar refractivity (Wildman–Crippen MR) is 157 cm³/mol. The lowest BCUT2D eigenvalue weighted by Crippen LogP contribution is -2.54. The maximum Gasteiger partial charge on any atom is 0.355 e. The number of hydrogen-bond donors (Lipinski definition) is 1. The van der Waals surface area contributed by atoms with Gasteiger partial charge in [0.25, 0.3) is 0 Å². The van der Waals surface area contributed by atoms with Crippen molar-refractivity contribution in [2.24, 2.45) is 0 Å². The number of aromatic nitrogens is 4. The first-order valence-electron chi connectivity index (χ1n) is 13.3. The Morgan fingerprint density at radius 3 is 2.66 bits per heavy atom. The number of halogens is 2. The van der Waals surface area contributed by atoms with Crippen LogP contribution in [0.15, 0.2) is 54.0 Å². The molecule has 3 aromatic heterocycles. The number of amides is 1. The molecule has 4 heterocycles. The molecule has 1 aromatic carbocycles. The molecule has 0 spiro atoms. The molecule has 1 N–H and O–H groups in total. The van der Waals surface area contributed by atoms with Gasteiger partial charge in [0, 0.05) is 31.9 Å². The SMILES string of the molecule is C=CC(=O)N1CCN(c2nc(=O)n(-c3c(C)ccnc3C(C)C)c3nc(-c4c(O)cccc4F)c(Cl)cc23)C[C@H]1C. The number of rotatable bonds is 5. The zero-order chi connectivity index (χ0) is 29.6. The van der Waals surface area contributed by atoms with Crippen molar-refractivity contribution in [3.8, 4) is 22.7 Å². The molecule has 0 unspecified atom stereocenters. The fraction of sp³-hybridized carbons (Fsp3) is 0.300. The summed E-state index contributed by atoms with van der Waals surface area (Å²) in [6.45, 7) is 12.5. The molecule has 0 saturated carbocycles. The first kappa shape index (κ1) is 28.2. The van der Waals surface area contributed by atoms with Crippen molar-refractivity contribution in [1.29, 1.82) is 0 Å². The van der Waals surface area contributed by atoms with Crippen LogP contribution in [0.25, 0.3) is 28.0 Å². The van der Waals surface area contributed by atoms with E-state index >= 15 is 4.39 Å². The highest BCUT2D eigenvalue weighted by Crippen LogP contribution is 2.39. The second-order valence-electron chi connectivity index (χ2n) is 10.4. The van der Waals surface area contributed by atoms with Crippen LogP contribution >= 0.6 is 11.6 Å². The van der Waals surface area contributed by atoms with Crippen LogP contribution in [-0.4, -0.2) is 61.1 Å². The summed E-state index contributed by atoms with van der Waals surface area (Å²) in [5.74, 6) is -0.897. The van der Waals surface area contributed by atoms with Crippen LogP contribution < -0.4 is 10.6 Å². The number of carbonyl (C=O) groups is 1. The van der Waals surface area contributed by atoms with E-state index in [1.165, 1.54) is 28.8 Å². The zero-order valence-corrected chi connectivity index (χ0v) is 24.0. The summed E-state index contributed by atoms with van der Waals surface area (Å²) >= 11 is 6.71. The number of aryl methyl sites for hydroxylation is 1. The van der Waals surface area contributed by atoms with Crippen LogP contribution in [0, 0.1) is 12.7 Å². The van der Waals surface area contributed by atoms with E-state index in [0.29, 0.717) is 42.2 Å². The van der Waals surface area contributed by atoms with Gasteiger partial charge < -0.3 is 14.9 Å². The molecular weight excluding hydrogens is 547 g/mol. The van der Waals surface area contributed by atoms with Gasteiger partial charge in [0.15, 0.2) is 5.65 Å². The van der Waals surface area contributed by atoms with Crippen molar-refractivity contribution >= 4 is 34.4 Å². The number of benzene rings is 1. The monoisotopic (exact) mass is 576 g/mol. The van der Waals surface area contributed by atoms with Crippen LogP contribution in [0.2, 0.25) is 5.02 Å². The van der Waals surface area contributed by atoms with Crippen LogP contribution in [0.5, 0.6) is 5.75 Å². The summed E-state index contributed by atoms with van der Waals surface area (Å²) in [6, 6.07) is 7.14. The number of aromatic hydroxyl groups is 1. The van der Waals surface area contributed by atoms with Gasteiger partial charge in [0.1, 0.15) is 17.4 Å². The van der Waals surface area contributed by atoms with E-state index in [4.69, 9.17) is 16.6 Å². The Morgan fingerprint density at radius 1 is 1.24 bits per heavy atom. The summed E-state index contributed by atoms with van der Waals surface area (Å²) in [5.41, 5.74) is 1.39. The molecule has 1 atom stereocenters. The normalized spacial score (nSPS) is 15.5. The Morgan fingerprint density at radius 2 is 2.00 bits per heavy atom. The van der Waals surface area contributed by atoms with Gasteiger partial charge in [0.2, 0.25) is 5.91 Å². The maximum atomic E-state index is 15.0. The lowest BCUT2D eigenvalue weighted by molar-refractivity contribution is -0.128. The number of phenolic OH excluding ortho intramolecular Hbond substituents is 1. The van der Waals surface area contributed by atoms with E-state index < -0.39 is 11.5 Å². The fourth-order valence-corrected chi connectivity index (χ4v) is 5.60. The highest BCUT2D eigenvalue weighted by molar-refractivity contribution is 6.34. The van der Waals surface area contributed by atoms with E-state index in [1.807, 2.05) is 32.6 Å². The minimum atomic E-state index is -0.709. The van der Waals surface area contributed by atoms with Crippen molar-refractivity contribution in [3.05, 3.63) is 81.8 Å². The van der Waals surface area contributed by atoms with Gasteiger partial charge in [-0.1, -0.05) is 38.1 Å². The number of anilines is 1. The zero-order valence-electron chi connectivity index (χ0n) is 23.2. The molecular formula is C30H30ClFN6O3. The average Bonchev–Trinajstić information content (AvgIpc) is 2.93. The molecule has 9 nitrogen and oxygen atoms in total. The fourth-order valence-electron chi connectivity index (χ4n) is 5.35. The highest BCUT2D eigenvalue weighted by Gasteiger charge is 2.30. The predicted octanol–water partition coefficient (Wildman–Crippen LogP) is 5.00. The number of phenols is 1. The Bertz CT molecular complexity index is 1730. The van der Waals surface area contributed by atoms with E-state index in [1.54, 1.807) is 23.2 Å². The smallest absolute Gasteiger partial charge is 0.355 e. The minimum absolute atomic E-state index is 0.0116. The van der Waals surface area contributed by atoms with Gasteiger partial charge in [-0.25, -0.2) is 18.7 Å². The quantitative estimate of drug-likeness (QED) is 0.334. The van der Waals surface area contributed by atoms with Gasteiger partial charge >= 0.3 is 5.69 Å². The van der Waals surface area contributed by atoms with Gasteiger partial charge in [-0.05, 0) is 55.7 Å². The van der Waals surface area contributed by atoms with Crippen molar-refractivity contribution in [2.45, 2.75) is 39.7 Å². The van der Waals surface area contributed by atoms with E-state index in [-0.39, 0.29) is 45.5 Å². The second kappa shape index (κ2) is 10.9. The number of nitrogens with zero attached hydrogens (tertiary/aromatic N) is 6. The molecule has 0 aliphatic carbocycles. The molecule has 0 bridgehead atoms. The van der Waals surface area contributed by atoms with Gasteiger partial charge in [-0.15, -0.1) is 0 Å². The third kappa shape index (κ3) is 4.93. The summed E-state index contributed by atoms with van der Waals surface area (Å²) < 4.78 is 16.4. The highest BCUT2D eigenvalue weighted by atomic mass is 35.5. The van der Waals surface area contributed by atoms with E-state index in [0.717, 1.165) is 5.56 Å².